The molecule has 1 fully saturated rings. The number of aromatic amines is 1. The van der Waals surface area contributed by atoms with Gasteiger partial charge in [0, 0.05) is 56.4 Å². The average Bonchev–Trinajstić information content (AvgIpc) is 3.10. The molecule has 0 spiro atoms. The quantitative estimate of drug-likeness (QED) is 0.772. The van der Waals surface area contributed by atoms with Gasteiger partial charge in [0.1, 0.15) is 0 Å². The van der Waals surface area contributed by atoms with Gasteiger partial charge < -0.3 is 10.6 Å². The Labute approximate surface area is 160 Å². The van der Waals surface area contributed by atoms with Crippen molar-refractivity contribution in [3.8, 4) is 0 Å². The van der Waals surface area contributed by atoms with Crippen LogP contribution in [0, 0.1) is 11.8 Å². The number of piperidine rings is 1. The number of aromatic nitrogens is 2. The van der Waals surface area contributed by atoms with Crippen LogP contribution in [0.5, 0.6) is 0 Å². The van der Waals surface area contributed by atoms with Crippen LogP contribution in [0.1, 0.15) is 41.2 Å². The van der Waals surface area contributed by atoms with E-state index in [2.05, 4.69) is 69.9 Å². The maximum Gasteiger partial charge on any atom is 0.272 e. The van der Waals surface area contributed by atoms with Crippen molar-refractivity contribution in [3.63, 3.8) is 0 Å². The van der Waals surface area contributed by atoms with Crippen molar-refractivity contribution in [2.24, 2.45) is 11.8 Å². The number of carbonyl (C=O) groups excluding carboxylic acids is 1. The molecular formula is C21H29N5O. The standard InChI is InChI=1S/C21H29N5O/c1-14-11-26(13-16-6-4-3-5-7-16)12-15(2)19(14)23-21(27)20-17-10-22-9-8-18(17)24-25-20/h3-7,14-15,19,22H,8-13H2,1-2H3,(H,23,27)(H,24,25). The van der Waals surface area contributed by atoms with Crippen molar-refractivity contribution in [2.45, 2.75) is 39.4 Å². The van der Waals surface area contributed by atoms with E-state index < -0.39 is 0 Å². The van der Waals surface area contributed by atoms with Gasteiger partial charge >= 0.3 is 0 Å². The van der Waals surface area contributed by atoms with Crippen LogP contribution in [-0.2, 0) is 19.5 Å². The van der Waals surface area contributed by atoms with Crippen LogP contribution in [0.2, 0.25) is 0 Å². The van der Waals surface area contributed by atoms with E-state index in [0.29, 0.717) is 17.5 Å². The fourth-order valence-electron chi connectivity index (χ4n) is 4.57. The molecule has 0 radical (unpaired) electrons. The smallest absolute Gasteiger partial charge is 0.272 e. The number of amides is 1. The second-order valence-corrected chi connectivity index (χ2v) is 8.09. The van der Waals surface area contributed by atoms with Crippen molar-refractivity contribution >= 4 is 5.91 Å². The lowest BCUT2D eigenvalue weighted by molar-refractivity contribution is 0.0728. The summed E-state index contributed by atoms with van der Waals surface area (Å²) in [5.74, 6) is 0.750. The van der Waals surface area contributed by atoms with Crippen LogP contribution < -0.4 is 10.6 Å². The molecule has 1 aromatic heterocycles. The Morgan fingerprint density at radius 1 is 1.22 bits per heavy atom. The van der Waals surface area contributed by atoms with Gasteiger partial charge in [-0.05, 0) is 17.4 Å². The van der Waals surface area contributed by atoms with E-state index in [1.807, 2.05) is 0 Å². The first-order chi connectivity index (χ1) is 13.1. The number of nitrogens with one attached hydrogen (secondary N) is 3. The lowest BCUT2D eigenvalue weighted by Gasteiger charge is -2.41. The van der Waals surface area contributed by atoms with Gasteiger partial charge in [0.25, 0.3) is 5.91 Å². The van der Waals surface area contributed by atoms with E-state index in [4.69, 9.17) is 0 Å². The van der Waals surface area contributed by atoms with Crippen LogP contribution in [0.3, 0.4) is 0 Å². The molecule has 6 nitrogen and oxygen atoms in total. The topological polar surface area (TPSA) is 73.0 Å². The number of likely N-dealkylation sites (tertiary alicyclic amines) is 1. The number of H-pyrrole nitrogens is 1. The van der Waals surface area contributed by atoms with E-state index in [0.717, 1.165) is 50.4 Å². The number of benzene rings is 1. The summed E-state index contributed by atoms with van der Waals surface area (Å²) in [5, 5.41) is 13.9. The number of carbonyl (C=O) groups is 1. The molecule has 4 rings (SSSR count). The summed E-state index contributed by atoms with van der Waals surface area (Å²) in [7, 11) is 0. The Kier molecular flexibility index (Phi) is 5.27. The summed E-state index contributed by atoms with van der Waals surface area (Å²) in [6.07, 6.45) is 0.903. The van der Waals surface area contributed by atoms with Crippen molar-refractivity contribution in [1.82, 2.24) is 25.7 Å². The highest BCUT2D eigenvalue weighted by molar-refractivity contribution is 5.94. The molecule has 1 amide bonds. The molecule has 2 aliphatic heterocycles. The molecular weight excluding hydrogens is 338 g/mol. The number of hydrogen-bond donors (Lipinski definition) is 3. The number of rotatable bonds is 4. The van der Waals surface area contributed by atoms with Crippen molar-refractivity contribution in [1.29, 1.82) is 0 Å². The SMILES string of the molecule is CC1CN(Cc2ccccc2)CC(C)C1NC(=O)c1n[nH]c2c1CNCC2. The highest BCUT2D eigenvalue weighted by Crippen LogP contribution is 2.24. The normalized spacial score (nSPS) is 25.8. The third kappa shape index (κ3) is 3.92. The van der Waals surface area contributed by atoms with Gasteiger partial charge in [-0.1, -0.05) is 44.2 Å². The minimum atomic E-state index is -0.0450. The van der Waals surface area contributed by atoms with Gasteiger partial charge in [0.2, 0.25) is 0 Å². The first-order valence-corrected chi connectivity index (χ1v) is 9.96. The van der Waals surface area contributed by atoms with E-state index in [-0.39, 0.29) is 11.9 Å². The Morgan fingerprint density at radius 3 is 2.70 bits per heavy atom. The lowest BCUT2D eigenvalue weighted by Crippen LogP contribution is -2.54. The second-order valence-electron chi connectivity index (χ2n) is 8.09. The van der Waals surface area contributed by atoms with Crippen molar-refractivity contribution in [3.05, 3.63) is 52.8 Å². The molecule has 0 aliphatic carbocycles. The van der Waals surface area contributed by atoms with Gasteiger partial charge in [-0.2, -0.15) is 5.10 Å². The van der Waals surface area contributed by atoms with Gasteiger partial charge in [0.15, 0.2) is 5.69 Å². The third-order valence-electron chi connectivity index (χ3n) is 5.89. The van der Waals surface area contributed by atoms with Crippen LogP contribution in [0.15, 0.2) is 30.3 Å². The average molecular weight is 367 g/mol. The Balaban J connectivity index is 1.40. The predicted molar refractivity (Wildman–Crippen MR) is 105 cm³/mol. The molecule has 0 saturated carbocycles. The molecule has 1 aromatic carbocycles. The zero-order valence-corrected chi connectivity index (χ0v) is 16.2. The number of hydrogen-bond acceptors (Lipinski definition) is 4. The first kappa shape index (κ1) is 18.2. The molecule has 0 bridgehead atoms. The van der Waals surface area contributed by atoms with Crippen molar-refractivity contribution in [2.75, 3.05) is 19.6 Å². The summed E-state index contributed by atoms with van der Waals surface area (Å²) in [5.41, 5.74) is 4.02. The molecule has 2 atom stereocenters. The van der Waals surface area contributed by atoms with Crippen LogP contribution in [0.4, 0.5) is 0 Å². The molecule has 3 heterocycles. The Hall–Kier alpha value is -2.18. The highest BCUT2D eigenvalue weighted by atomic mass is 16.2. The number of nitrogens with zero attached hydrogens (tertiary/aromatic N) is 2. The van der Waals surface area contributed by atoms with Crippen LogP contribution >= 0.6 is 0 Å². The van der Waals surface area contributed by atoms with Gasteiger partial charge in [0.05, 0.1) is 0 Å². The molecule has 6 heteroatoms. The maximum atomic E-state index is 12.9. The number of fused-ring (bicyclic) bond motifs is 1. The maximum absolute atomic E-state index is 12.9. The molecule has 2 aromatic rings. The molecule has 2 unspecified atom stereocenters. The van der Waals surface area contributed by atoms with Gasteiger partial charge in [-0.3, -0.25) is 14.8 Å². The largest absolute Gasteiger partial charge is 0.347 e. The predicted octanol–water partition coefficient (Wildman–Crippen LogP) is 1.94. The minimum absolute atomic E-state index is 0.0450. The zero-order valence-electron chi connectivity index (χ0n) is 16.2. The monoisotopic (exact) mass is 367 g/mol. The fourth-order valence-corrected chi connectivity index (χ4v) is 4.57. The zero-order chi connectivity index (χ0) is 18.8. The van der Waals surface area contributed by atoms with E-state index in [9.17, 15) is 4.79 Å². The molecule has 1 saturated heterocycles. The van der Waals surface area contributed by atoms with Crippen LogP contribution in [-0.4, -0.2) is 46.7 Å². The highest BCUT2D eigenvalue weighted by Gasteiger charge is 2.34. The Bertz CT molecular complexity index is 775. The molecule has 144 valence electrons. The Morgan fingerprint density at radius 2 is 1.96 bits per heavy atom. The first-order valence-electron chi connectivity index (χ1n) is 9.96. The summed E-state index contributed by atoms with van der Waals surface area (Å²) in [6, 6.07) is 10.8. The second kappa shape index (κ2) is 7.82. The third-order valence-corrected chi connectivity index (χ3v) is 5.89. The fraction of sp³-hybridized carbons (Fsp3) is 0.524. The summed E-state index contributed by atoms with van der Waals surface area (Å²) in [4.78, 5) is 15.4. The molecule has 3 N–H and O–H groups in total. The summed E-state index contributed by atoms with van der Waals surface area (Å²) in [6.45, 7) is 9.07. The molecule has 27 heavy (non-hydrogen) atoms. The molecule has 2 aliphatic rings. The summed E-state index contributed by atoms with van der Waals surface area (Å²) >= 11 is 0. The lowest BCUT2D eigenvalue weighted by atomic mass is 9.85. The van der Waals surface area contributed by atoms with E-state index >= 15 is 0 Å². The van der Waals surface area contributed by atoms with Crippen molar-refractivity contribution < 1.29 is 4.79 Å². The van der Waals surface area contributed by atoms with Gasteiger partial charge in [-0.25, -0.2) is 0 Å². The van der Waals surface area contributed by atoms with E-state index in [1.54, 1.807) is 0 Å². The summed E-state index contributed by atoms with van der Waals surface area (Å²) < 4.78 is 0. The van der Waals surface area contributed by atoms with Crippen LogP contribution in [0.25, 0.3) is 0 Å². The minimum Gasteiger partial charge on any atom is -0.347 e. The van der Waals surface area contributed by atoms with Gasteiger partial charge in [-0.15, -0.1) is 0 Å². The van der Waals surface area contributed by atoms with E-state index in [1.165, 1.54) is 5.56 Å².